The van der Waals surface area contributed by atoms with Crippen LogP contribution in [0.4, 0.5) is 0 Å². The van der Waals surface area contributed by atoms with E-state index in [4.69, 9.17) is 9.05 Å². The van der Waals surface area contributed by atoms with Crippen molar-refractivity contribution in [1.82, 2.24) is 0 Å². The average molecular weight is 134 g/mol. The lowest BCUT2D eigenvalue weighted by Crippen LogP contribution is -1.94. The minimum absolute atomic E-state index is 0.290. The first-order valence-corrected chi connectivity index (χ1v) is 3.80. The molecule has 0 bridgehead atoms. The SMILES string of the molecule is C1CCOPOCC1. The first kappa shape index (κ1) is 6.47. The minimum atomic E-state index is 0.290. The van der Waals surface area contributed by atoms with Crippen LogP contribution in [0.3, 0.4) is 0 Å². The van der Waals surface area contributed by atoms with E-state index in [1.54, 1.807) is 0 Å². The largest absolute Gasteiger partial charge is 0.336 e. The van der Waals surface area contributed by atoms with Crippen LogP contribution in [-0.4, -0.2) is 13.2 Å². The van der Waals surface area contributed by atoms with Crippen molar-refractivity contribution in [3.63, 3.8) is 0 Å². The van der Waals surface area contributed by atoms with Gasteiger partial charge in [-0.2, -0.15) is 0 Å². The average Bonchev–Trinajstić information content (AvgIpc) is 1.62. The molecule has 3 heteroatoms. The lowest BCUT2D eigenvalue weighted by atomic mass is 10.2. The zero-order valence-corrected chi connectivity index (χ0v) is 5.85. The molecule has 0 aromatic rings. The Hall–Kier alpha value is 0.350. The molecule has 8 heavy (non-hydrogen) atoms. The van der Waals surface area contributed by atoms with Crippen molar-refractivity contribution in [2.45, 2.75) is 19.3 Å². The third kappa shape index (κ3) is 2.61. The first-order chi connectivity index (χ1) is 4.00. The van der Waals surface area contributed by atoms with Gasteiger partial charge in [0.25, 0.3) is 0 Å². The fourth-order valence-corrected chi connectivity index (χ4v) is 1.19. The molecule has 0 aromatic heterocycles. The quantitative estimate of drug-likeness (QED) is 0.469. The highest BCUT2D eigenvalue weighted by atomic mass is 31.1. The van der Waals surface area contributed by atoms with Gasteiger partial charge in [-0.25, -0.2) is 0 Å². The van der Waals surface area contributed by atoms with Gasteiger partial charge in [-0.3, -0.25) is 0 Å². The summed E-state index contributed by atoms with van der Waals surface area (Å²) in [7, 11) is 0.290. The second-order valence-electron chi connectivity index (χ2n) is 1.84. The molecule has 48 valence electrons. The normalized spacial score (nSPS) is 24.0. The minimum Gasteiger partial charge on any atom is -0.336 e. The molecule has 1 saturated heterocycles. The number of hydrogen-bond acceptors (Lipinski definition) is 2. The highest BCUT2D eigenvalue weighted by Crippen LogP contribution is 2.17. The van der Waals surface area contributed by atoms with Gasteiger partial charge in [0.15, 0.2) is 9.03 Å². The van der Waals surface area contributed by atoms with E-state index in [0.717, 1.165) is 13.2 Å². The Kier molecular flexibility index (Phi) is 3.44. The molecule has 0 unspecified atom stereocenters. The molecule has 0 aliphatic carbocycles. The van der Waals surface area contributed by atoms with Gasteiger partial charge in [0, 0.05) is 0 Å². The maximum atomic E-state index is 5.08. The number of hydrogen-bond donors (Lipinski definition) is 0. The summed E-state index contributed by atoms with van der Waals surface area (Å²) in [4.78, 5) is 0. The molecule has 0 spiro atoms. The number of rotatable bonds is 0. The summed E-state index contributed by atoms with van der Waals surface area (Å²) in [5, 5.41) is 0. The topological polar surface area (TPSA) is 18.5 Å². The molecular weight excluding hydrogens is 123 g/mol. The molecule has 0 aromatic carbocycles. The molecule has 1 aliphatic rings. The lowest BCUT2D eigenvalue weighted by molar-refractivity contribution is 0.232. The van der Waals surface area contributed by atoms with E-state index >= 15 is 0 Å². The molecule has 0 saturated carbocycles. The van der Waals surface area contributed by atoms with Crippen molar-refractivity contribution in [3.8, 4) is 0 Å². The van der Waals surface area contributed by atoms with Gasteiger partial charge in [-0.15, -0.1) is 0 Å². The maximum absolute atomic E-state index is 5.08. The van der Waals surface area contributed by atoms with Crippen LogP contribution in [0.2, 0.25) is 0 Å². The summed E-state index contributed by atoms with van der Waals surface area (Å²) in [5.74, 6) is 0. The van der Waals surface area contributed by atoms with Gasteiger partial charge in [-0.05, 0) is 19.3 Å². The molecular formula is C5H11O2P. The second-order valence-corrected chi connectivity index (χ2v) is 2.58. The summed E-state index contributed by atoms with van der Waals surface area (Å²) in [6.45, 7) is 1.77. The third-order valence-corrected chi connectivity index (χ3v) is 1.75. The maximum Gasteiger partial charge on any atom is 0.155 e. The predicted molar refractivity (Wildman–Crippen MR) is 34.1 cm³/mol. The second kappa shape index (κ2) is 4.25. The summed E-state index contributed by atoms with van der Waals surface area (Å²) >= 11 is 0. The van der Waals surface area contributed by atoms with Crippen molar-refractivity contribution < 1.29 is 9.05 Å². The molecule has 1 rings (SSSR count). The van der Waals surface area contributed by atoms with E-state index in [1.807, 2.05) is 0 Å². The fourth-order valence-electron chi connectivity index (χ4n) is 0.650. The van der Waals surface area contributed by atoms with Gasteiger partial charge >= 0.3 is 0 Å². The molecule has 0 amide bonds. The van der Waals surface area contributed by atoms with Crippen LogP contribution >= 0.6 is 9.03 Å². The first-order valence-electron chi connectivity index (χ1n) is 2.99. The highest BCUT2D eigenvalue weighted by molar-refractivity contribution is 7.26. The van der Waals surface area contributed by atoms with E-state index in [-0.39, 0.29) is 0 Å². The van der Waals surface area contributed by atoms with Gasteiger partial charge in [-0.1, -0.05) is 0 Å². The van der Waals surface area contributed by atoms with Crippen LogP contribution in [-0.2, 0) is 9.05 Å². The summed E-state index contributed by atoms with van der Waals surface area (Å²) < 4.78 is 10.2. The van der Waals surface area contributed by atoms with Crippen molar-refractivity contribution in [2.75, 3.05) is 13.2 Å². The van der Waals surface area contributed by atoms with Gasteiger partial charge in [0.2, 0.25) is 0 Å². The van der Waals surface area contributed by atoms with E-state index in [0.29, 0.717) is 9.03 Å². The molecule has 0 atom stereocenters. The fraction of sp³-hybridized carbons (Fsp3) is 1.00. The van der Waals surface area contributed by atoms with Crippen molar-refractivity contribution >= 4 is 9.03 Å². The predicted octanol–water partition coefficient (Wildman–Crippen LogP) is 1.71. The van der Waals surface area contributed by atoms with Crippen molar-refractivity contribution in [3.05, 3.63) is 0 Å². The zero-order chi connectivity index (χ0) is 5.66. The van der Waals surface area contributed by atoms with Crippen LogP contribution in [0, 0.1) is 0 Å². The van der Waals surface area contributed by atoms with E-state index in [9.17, 15) is 0 Å². The van der Waals surface area contributed by atoms with Gasteiger partial charge < -0.3 is 9.05 Å². The molecule has 0 N–H and O–H groups in total. The van der Waals surface area contributed by atoms with Crippen molar-refractivity contribution in [2.24, 2.45) is 0 Å². The Balaban J connectivity index is 2.00. The summed E-state index contributed by atoms with van der Waals surface area (Å²) in [6.07, 6.45) is 3.66. The molecule has 1 aliphatic heterocycles. The molecule has 1 heterocycles. The van der Waals surface area contributed by atoms with Crippen molar-refractivity contribution in [1.29, 1.82) is 0 Å². The van der Waals surface area contributed by atoms with Crippen LogP contribution in [0.25, 0.3) is 0 Å². The monoisotopic (exact) mass is 134 g/mol. The van der Waals surface area contributed by atoms with Gasteiger partial charge in [0.05, 0.1) is 13.2 Å². The Morgan fingerprint density at radius 3 is 2.12 bits per heavy atom. The standard InChI is InChI=1S/C5H11O2P/c1-2-4-6-8-7-5-3-1/h8H,1-5H2. The molecule has 2 nitrogen and oxygen atoms in total. The lowest BCUT2D eigenvalue weighted by Gasteiger charge is -2.08. The smallest absolute Gasteiger partial charge is 0.155 e. The van der Waals surface area contributed by atoms with E-state index in [1.165, 1.54) is 19.3 Å². The molecule has 1 fully saturated rings. The Morgan fingerprint density at radius 2 is 1.50 bits per heavy atom. The van der Waals surface area contributed by atoms with Crippen LogP contribution in [0.5, 0.6) is 0 Å². The van der Waals surface area contributed by atoms with E-state index < -0.39 is 0 Å². The zero-order valence-electron chi connectivity index (χ0n) is 4.85. The van der Waals surface area contributed by atoms with Crippen LogP contribution < -0.4 is 0 Å². The third-order valence-electron chi connectivity index (χ3n) is 1.11. The Bertz CT molecular complexity index is 34.4. The highest BCUT2D eigenvalue weighted by Gasteiger charge is 1.95. The Labute approximate surface area is 51.5 Å². The van der Waals surface area contributed by atoms with E-state index in [2.05, 4.69) is 0 Å². The van der Waals surface area contributed by atoms with Crippen LogP contribution in [0.15, 0.2) is 0 Å². The summed E-state index contributed by atoms with van der Waals surface area (Å²) in [5.41, 5.74) is 0. The molecule has 0 radical (unpaired) electrons. The Morgan fingerprint density at radius 1 is 0.875 bits per heavy atom. The van der Waals surface area contributed by atoms with Crippen LogP contribution in [0.1, 0.15) is 19.3 Å². The summed E-state index contributed by atoms with van der Waals surface area (Å²) in [6, 6.07) is 0. The van der Waals surface area contributed by atoms with Gasteiger partial charge in [0.1, 0.15) is 0 Å².